The lowest BCUT2D eigenvalue weighted by Gasteiger charge is -2.22. The van der Waals surface area contributed by atoms with Crippen molar-refractivity contribution < 1.29 is 4.79 Å². The lowest BCUT2D eigenvalue weighted by molar-refractivity contribution is -0.126. The number of hydrogen-bond donors (Lipinski definition) is 2. The van der Waals surface area contributed by atoms with Gasteiger partial charge in [-0.3, -0.25) is 4.79 Å². The molecular formula is C12H21ClN4O. The quantitative estimate of drug-likeness (QED) is 0.848. The summed E-state index contributed by atoms with van der Waals surface area (Å²) in [6, 6.07) is 1.78. The number of nitrogens with zero attached hydrogens (tertiary/aromatic N) is 2. The van der Waals surface area contributed by atoms with Crippen LogP contribution in [0.15, 0.2) is 12.3 Å². The zero-order valence-corrected chi connectivity index (χ0v) is 11.9. The summed E-state index contributed by atoms with van der Waals surface area (Å²) in [7, 11) is 0. The average Bonchev–Trinajstić information content (AvgIpc) is 2.26. The predicted octanol–water partition coefficient (Wildman–Crippen LogP) is 1.34. The van der Waals surface area contributed by atoms with Crippen LogP contribution in [0.25, 0.3) is 0 Å². The third-order valence-corrected chi connectivity index (χ3v) is 2.55. The number of amides is 1. The van der Waals surface area contributed by atoms with E-state index in [1.165, 1.54) is 0 Å². The Kier molecular flexibility index (Phi) is 6.80. The van der Waals surface area contributed by atoms with Gasteiger partial charge in [0.05, 0.1) is 17.8 Å². The molecule has 6 heteroatoms. The number of carbonyl (C=O) groups excluding carboxylic acids is 1. The van der Waals surface area contributed by atoms with Crippen LogP contribution >= 0.6 is 12.4 Å². The fourth-order valence-corrected chi connectivity index (χ4v) is 1.61. The van der Waals surface area contributed by atoms with Crippen molar-refractivity contribution in [2.75, 3.05) is 0 Å². The molecule has 1 rings (SSSR count). The van der Waals surface area contributed by atoms with Crippen molar-refractivity contribution in [3.63, 3.8) is 0 Å². The number of nitrogens with one attached hydrogen (secondary N) is 1. The van der Waals surface area contributed by atoms with Crippen molar-refractivity contribution in [1.29, 1.82) is 0 Å². The van der Waals surface area contributed by atoms with E-state index in [1.54, 1.807) is 19.2 Å². The van der Waals surface area contributed by atoms with Crippen LogP contribution in [0.3, 0.4) is 0 Å². The summed E-state index contributed by atoms with van der Waals surface area (Å²) in [5, 5.41) is 2.80. The number of carbonyl (C=O) groups is 1. The molecule has 0 spiro atoms. The lowest BCUT2D eigenvalue weighted by Crippen LogP contribution is -2.51. The van der Waals surface area contributed by atoms with E-state index in [2.05, 4.69) is 15.3 Å². The van der Waals surface area contributed by atoms with Crippen molar-refractivity contribution in [3.8, 4) is 0 Å². The zero-order valence-electron chi connectivity index (χ0n) is 11.1. The lowest BCUT2D eigenvalue weighted by atomic mass is 9.96. The van der Waals surface area contributed by atoms with Gasteiger partial charge in [-0.1, -0.05) is 13.3 Å². The first-order chi connectivity index (χ1) is 7.95. The maximum atomic E-state index is 11.8. The molecule has 1 aromatic rings. The molecule has 1 aromatic heterocycles. The second-order valence-corrected chi connectivity index (χ2v) is 4.45. The first kappa shape index (κ1) is 16.8. The SMILES string of the molecule is CCCC(C)(N)C(=O)NCc1ccnc(C)n1.Cl. The molecule has 1 unspecified atom stereocenters. The minimum Gasteiger partial charge on any atom is -0.349 e. The molecule has 1 amide bonds. The molecule has 0 aliphatic rings. The number of nitrogens with two attached hydrogens (primary N) is 1. The summed E-state index contributed by atoms with van der Waals surface area (Å²) >= 11 is 0. The van der Waals surface area contributed by atoms with Crippen LogP contribution in [-0.4, -0.2) is 21.4 Å². The maximum Gasteiger partial charge on any atom is 0.240 e. The van der Waals surface area contributed by atoms with E-state index in [0.29, 0.717) is 18.8 Å². The van der Waals surface area contributed by atoms with E-state index in [1.807, 2.05) is 13.8 Å². The molecule has 0 saturated carbocycles. The maximum absolute atomic E-state index is 11.8. The number of aromatic nitrogens is 2. The highest BCUT2D eigenvalue weighted by molar-refractivity contribution is 5.85. The Morgan fingerprint density at radius 2 is 2.22 bits per heavy atom. The normalized spacial score (nSPS) is 13.3. The van der Waals surface area contributed by atoms with Gasteiger partial charge in [0.25, 0.3) is 0 Å². The second-order valence-electron chi connectivity index (χ2n) is 4.45. The monoisotopic (exact) mass is 272 g/mol. The fraction of sp³-hybridized carbons (Fsp3) is 0.583. The molecular weight excluding hydrogens is 252 g/mol. The van der Waals surface area contributed by atoms with Crippen LogP contribution in [-0.2, 0) is 11.3 Å². The zero-order chi connectivity index (χ0) is 12.9. The Morgan fingerprint density at radius 1 is 1.56 bits per heavy atom. The number of hydrogen-bond acceptors (Lipinski definition) is 4. The standard InChI is InChI=1S/C12H20N4O.ClH/c1-4-6-12(3,13)11(17)15-8-10-5-7-14-9(2)16-10;/h5,7H,4,6,8,13H2,1-3H3,(H,15,17);1H. The molecule has 0 radical (unpaired) electrons. The van der Waals surface area contributed by atoms with E-state index < -0.39 is 5.54 Å². The minimum absolute atomic E-state index is 0. The van der Waals surface area contributed by atoms with E-state index in [0.717, 1.165) is 12.1 Å². The molecule has 1 heterocycles. The number of halogens is 1. The number of rotatable bonds is 5. The molecule has 18 heavy (non-hydrogen) atoms. The molecule has 0 fully saturated rings. The van der Waals surface area contributed by atoms with E-state index in [9.17, 15) is 4.79 Å². The predicted molar refractivity (Wildman–Crippen MR) is 73.4 cm³/mol. The van der Waals surface area contributed by atoms with Gasteiger partial charge in [0.1, 0.15) is 5.82 Å². The van der Waals surface area contributed by atoms with E-state index in [4.69, 9.17) is 5.73 Å². The molecule has 0 aliphatic carbocycles. The fourth-order valence-electron chi connectivity index (χ4n) is 1.61. The van der Waals surface area contributed by atoms with Crippen molar-refractivity contribution in [2.24, 2.45) is 5.73 Å². The molecule has 102 valence electrons. The van der Waals surface area contributed by atoms with Gasteiger partial charge in [-0.25, -0.2) is 9.97 Å². The summed E-state index contributed by atoms with van der Waals surface area (Å²) in [4.78, 5) is 20.0. The van der Waals surface area contributed by atoms with Crippen LogP contribution in [0.5, 0.6) is 0 Å². The first-order valence-corrected chi connectivity index (χ1v) is 5.81. The highest BCUT2D eigenvalue weighted by Crippen LogP contribution is 2.08. The van der Waals surface area contributed by atoms with Crippen molar-refractivity contribution in [1.82, 2.24) is 15.3 Å². The smallest absolute Gasteiger partial charge is 0.240 e. The third-order valence-electron chi connectivity index (χ3n) is 2.55. The van der Waals surface area contributed by atoms with Gasteiger partial charge in [0.2, 0.25) is 5.91 Å². The molecule has 0 bridgehead atoms. The van der Waals surface area contributed by atoms with Crippen LogP contribution in [0.4, 0.5) is 0 Å². The van der Waals surface area contributed by atoms with Gasteiger partial charge < -0.3 is 11.1 Å². The molecule has 1 atom stereocenters. The van der Waals surface area contributed by atoms with Gasteiger partial charge >= 0.3 is 0 Å². The van der Waals surface area contributed by atoms with Gasteiger partial charge in [0, 0.05) is 6.20 Å². The molecule has 0 saturated heterocycles. The Bertz CT molecular complexity index is 395. The van der Waals surface area contributed by atoms with E-state index in [-0.39, 0.29) is 18.3 Å². The van der Waals surface area contributed by atoms with Crippen LogP contribution < -0.4 is 11.1 Å². The van der Waals surface area contributed by atoms with Crippen LogP contribution in [0, 0.1) is 6.92 Å². The van der Waals surface area contributed by atoms with Crippen LogP contribution in [0.2, 0.25) is 0 Å². The van der Waals surface area contributed by atoms with Gasteiger partial charge in [-0.15, -0.1) is 12.4 Å². The highest BCUT2D eigenvalue weighted by atomic mass is 35.5. The highest BCUT2D eigenvalue weighted by Gasteiger charge is 2.26. The summed E-state index contributed by atoms with van der Waals surface area (Å²) in [6.45, 7) is 5.96. The molecule has 0 aromatic carbocycles. The summed E-state index contributed by atoms with van der Waals surface area (Å²) in [6.07, 6.45) is 3.23. The second kappa shape index (κ2) is 7.28. The molecule has 3 N–H and O–H groups in total. The average molecular weight is 273 g/mol. The Labute approximate surface area is 114 Å². The molecule has 5 nitrogen and oxygen atoms in total. The van der Waals surface area contributed by atoms with Crippen molar-refractivity contribution in [3.05, 3.63) is 23.8 Å². The van der Waals surface area contributed by atoms with Gasteiger partial charge in [0.15, 0.2) is 0 Å². The van der Waals surface area contributed by atoms with Crippen LogP contribution in [0.1, 0.15) is 38.2 Å². The largest absolute Gasteiger partial charge is 0.349 e. The summed E-state index contributed by atoms with van der Waals surface area (Å²) in [5.74, 6) is 0.552. The Balaban J connectivity index is 0.00000289. The first-order valence-electron chi connectivity index (χ1n) is 5.81. The van der Waals surface area contributed by atoms with Crippen molar-refractivity contribution >= 4 is 18.3 Å². The van der Waals surface area contributed by atoms with Gasteiger partial charge in [-0.05, 0) is 26.3 Å². The molecule has 0 aliphatic heterocycles. The van der Waals surface area contributed by atoms with Crippen molar-refractivity contribution in [2.45, 2.75) is 45.7 Å². The Hall–Kier alpha value is -1.20. The third kappa shape index (κ3) is 4.98. The van der Waals surface area contributed by atoms with Gasteiger partial charge in [-0.2, -0.15) is 0 Å². The summed E-state index contributed by atoms with van der Waals surface area (Å²) < 4.78 is 0. The number of aryl methyl sites for hydroxylation is 1. The van der Waals surface area contributed by atoms with E-state index >= 15 is 0 Å². The summed E-state index contributed by atoms with van der Waals surface area (Å²) in [5.41, 5.74) is 5.90. The Morgan fingerprint density at radius 3 is 2.78 bits per heavy atom. The topological polar surface area (TPSA) is 80.9 Å². The minimum atomic E-state index is -0.809.